The normalized spacial score (nSPS) is 29.4. The minimum atomic E-state index is -0.720. The molecule has 0 aromatic carbocycles. The van der Waals surface area contributed by atoms with E-state index in [0.717, 1.165) is 11.6 Å². The first kappa shape index (κ1) is 13.6. The summed E-state index contributed by atoms with van der Waals surface area (Å²) < 4.78 is 1.80. The standard InChI is InChI=1S/C15H23N3O2/c1-15(2)10(11(15)14(19)20)13-16-12(17-18(13)3)9-7-5-4-6-8-9/h9-11H,4-8H2,1-3H3,(H,19,20). The first-order valence-corrected chi connectivity index (χ1v) is 7.56. The van der Waals surface area contributed by atoms with Crippen LogP contribution in [0.2, 0.25) is 0 Å². The molecule has 1 N–H and O–H groups in total. The van der Waals surface area contributed by atoms with Gasteiger partial charge in [0.25, 0.3) is 0 Å². The second-order valence-corrected chi connectivity index (χ2v) is 6.90. The number of rotatable bonds is 3. The smallest absolute Gasteiger partial charge is 0.307 e. The van der Waals surface area contributed by atoms with Gasteiger partial charge in [-0.2, -0.15) is 5.10 Å². The van der Waals surface area contributed by atoms with Crippen molar-refractivity contribution in [1.82, 2.24) is 14.8 Å². The maximum atomic E-state index is 11.3. The van der Waals surface area contributed by atoms with Crippen LogP contribution in [0, 0.1) is 11.3 Å². The van der Waals surface area contributed by atoms with Crippen LogP contribution in [0.25, 0.3) is 0 Å². The summed E-state index contributed by atoms with van der Waals surface area (Å²) in [5, 5.41) is 13.9. The van der Waals surface area contributed by atoms with Crippen LogP contribution in [0.15, 0.2) is 0 Å². The highest BCUT2D eigenvalue weighted by atomic mass is 16.4. The van der Waals surface area contributed by atoms with Crippen LogP contribution in [-0.2, 0) is 11.8 Å². The van der Waals surface area contributed by atoms with Crippen molar-refractivity contribution in [1.29, 1.82) is 0 Å². The van der Waals surface area contributed by atoms with Gasteiger partial charge in [-0.15, -0.1) is 0 Å². The van der Waals surface area contributed by atoms with Gasteiger partial charge in [0.1, 0.15) is 5.82 Å². The monoisotopic (exact) mass is 277 g/mol. The molecule has 0 saturated heterocycles. The van der Waals surface area contributed by atoms with Gasteiger partial charge in [0.15, 0.2) is 5.82 Å². The van der Waals surface area contributed by atoms with Gasteiger partial charge in [0.05, 0.1) is 5.92 Å². The van der Waals surface area contributed by atoms with E-state index in [9.17, 15) is 9.90 Å². The lowest BCUT2D eigenvalue weighted by atomic mass is 9.89. The predicted molar refractivity (Wildman–Crippen MR) is 74.5 cm³/mol. The van der Waals surface area contributed by atoms with Crippen LogP contribution in [0.1, 0.15) is 69.4 Å². The van der Waals surface area contributed by atoms with Crippen molar-refractivity contribution in [3.05, 3.63) is 11.6 Å². The molecule has 2 saturated carbocycles. The number of hydrogen-bond donors (Lipinski definition) is 1. The Bertz CT molecular complexity index is 529. The molecular weight excluding hydrogens is 254 g/mol. The van der Waals surface area contributed by atoms with Crippen LogP contribution in [0.5, 0.6) is 0 Å². The first-order valence-electron chi connectivity index (χ1n) is 7.56. The number of aromatic nitrogens is 3. The van der Waals surface area contributed by atoms with Gasteiger partial charge in [-0.3, -0.25) is 9.48 Å². The van der Waals surface area contributed by atoms with Gasteiger partial charge in [0.2, 0.25) is 0 Å². The van der Waals surface area contributed by atoms with Crippen molar-refractivity contribution in [2.75, 3.05) is 0 Å². The second-order valence-electron chi connectivity index (χ2n) is 6.90. The van der Waals surface area contributed by atoms with E-state index in [-0.39, 0.29) is 17.3 Å². The molecule has 20 heavy (non-hydrogen) atoms. The SMILES string of the molecule is Cn1nc(C2CCCCC2)nc1C1C(C(=O)O)C1(C)C. The summed E-state index contributed by atoms with van der Waals surface area (Å²) in [5.74, 6) is 1.19. The number of aryl methyl sites for hydroxylation is 1. The van der Waals surface area contributed by atoms with E-state index in [0.29, 0.717) is 5.92 Å². The van der Waals surface area contributed by atoms with Gasteiger partial charge in [0, 0.05) is 18.9 Å². The summed E-state index contributed by atoms with van der Waals surface area (Å²) in [6.45, 7) is 4.01. The van der Waals surface area contributed by atoms with Crippen molar-refractivity contribution < 1.29 is 9.90 Å². The molecule has 1 aromatic rings. The molecule has 2 unspecified atom stereocenters. The lowest BCUT2D eigenvalue weighted by molar-refractivity contribution is -0.139. The van der Waals surface area contributed by atoms with E-state index >= 15 is 0 Å². The molecule has 110 valence electrons. The molecule has 2 aliphatic carbocycles. The quantitative estimate of drug-likeness (QED) is 0.922. The molecule has 0 bridgehead atoms. The number of carboxylic acids is 1. The first-order chi connectivity index (χ1) is 9.43. The van der Waals surface area contributed by atoms with E-state index < -0.39 is 5.97 Å². The topological polar surface area (TPSA) is 68.0 Å². The van der Waals surface area contributed by atoms with Crippen LogP contribution in [0.3, 0.4) is 0 Å². The minimum Gasteiger partial charge on any atom is -0.481 e. The second kappa shape index (κ2) is 4.57. The fraction of sp³-hybridized carbons (Fsp3) is 0.800. The molecule has 2 atom stereocenters. The molecular formula is C15H23N3O2. The molecule has 5 nitrogen and oxygen atoms in total. The third-order valence-electron chi connectivity index (χ3n) is 5.16. The fourth-order valence-electron chi connectivity index (χ4n) is 3.80. The zero-order chi connectivity index (χ0) is 14.5. The molecule has 3 rings (SSSR count). The Morgan fingerprint density at radius 2 is 1.95 bits per heavy atom. The molecule has 1 aromatic heterocycles. The summed E-state index contributed by atoms with van der Waals surface area (Å²) in [6.07, 6.45) is 6.16. The van der Waals surface area contributed by atoms with E-state index in [2.05, 4.69) is 5.10 Å². The molecule has 0 aliphatic heterocycles. The van der Waals surface area contributed by atoms with E-state index in [4.69, 9.17) is 4.98 Å². The average molecular weight is 277 g/mol. The van der Waals surface area contributed by atoms with Crippen molar-refractivity contribution in [2.45, 2.75) is 57.8 Å². The zero-order valence-electron chi connectivity index (χ0n) is 12.5. The predicted octanol–water partition coefficient (Wildman–Crippen LogP) is 2.69. The summed E-state index contributed by atoms with van der Waals surface area (Å²) >= 11 is 0. The highest BCUT2D eigenvalue weighted by molar-refractivity contribution is 5.77. The molecule has 1 heterocycles. The number of carbonyl (C=O) groups is 1. The Balaban J connectivity index is 1.85. The summed E-state index contributed by atoms with van der Waals surface area (Å²) in [7, 11) is 1.89. The molecule has 0 spiro atoms. The molecule has 2 aliphatic rings. The molecule has 0 radical (unpaired) electrons. The number of hydrogen-bond acceptors (Lipinski definition) is 3. The van der Waals surface area contributed by atoms with E-state index in [1.807, 2.05) is 20.9 Å². The van der Waals surface area contributed by atoms with Crippen LogP contribution < -0.4 is 0 Å². The van der Waals surface area contributed by atoms with Gasteiger partial charge >= 0.3 is 5.97 Å². The number of aliphatic carboxylic acids is 1. The third-order valence-corrected chi connectivity index (χ3v) is 5.16. The fourth-order valence-corrected chi connectivity index (χ4v) is 3.80. The molecule has 5 heteroatoms. The van der Waals surface area contributed by atoms with Crippen molar-refractivity contribution >= 4 is 5.97 Å². The lowest BCUT2D eigenvalue weighted by Gasteiger charge is -2.18. The Morgan fingerprint density at radius 1 is 1.30 bits per heavy atom. The molecule has 2 fully saturated rings. The largest absolute Gasteiger partial charge is 0.481 e. The van der Waals surface area contributed by atoms with Gasteiger partial charge in [-0.05, 0) is 18.3 Å². The molecule has 0 amide bonds. The maximum Gasteiger partial charge on any atom is 0.307 e. The highest BCUT2D eigenvalue weighted by Gasteiger charge is 2.64. The maximum absolute atomic E-state index is 11.3. The van der Waals surface area contributed by atoms with Crippen LogP contribution in [0.4, 0.5) is 0 Å². The Labute approximate surface area is 119 Å². The van der Waals surface area contributed by atoms with Crippen molar-refractivity contribution in [3.63, 3.8) is 0 Å². The summed E-state index contributed by atoms with van der Waals surface area (Å²) in [4.78, 5) is 16.0. The zero-order valence-corrected chi connectivity index (χ0v) is 12.5. The Hall–Kier alpha value is -1.39. The summed E-state index contributed by atoms with van der Waals surface area (Å²) in [6, 6.07) is 0. The Morgan fingerprint density at radius 3 is 2.50 bits per heavy atom. The van der Waals surface area contributed by atoms with Crippen molar-refractivity contribution in [2.24, 2.45) is 18.4 Å². The highest BCUT2D eigenvalue weighted by Crippen LogP contribution is 2.64. The van der Waals surface area contributed by atoms with Gasteiger partial charge in [-0.25, -0.2) is 4.98 Å². The Kier molecular flexibility index (Phi) is 3.10. The van der Waals surface area contributed by atoms with Crippen LogP contribution in [-0.4, -0.2) is 25.8 Å². The third kappa shape index (κ3) is 2.03. The van der Waals surface area contributed by atoms with Crippen LogP contribution >= 0.6 is 0 Å². The average Bonchev–Trinajstić information content (AvgIpc) is 2.77. The minimum absolute atomic E-state index is 0.00478. The number of carboxylic acid groups (broad SMARTS) is 1. The van der Waals surface area contributed by atoms with Gasteiger partial charge in [-0.1, -0.05) is 33.1 Å². The van der Waals surface area contributed by atoms with E-state index in [1.165, 1.54) is 32.1 Å². The number of nitrogens with zero attached hydrogens (tertiary/aromatic N) is 3. The lowest BCUT2D eigenvalue weighted by Crippen LogP contribution is -2.06. The van der Waals surface area contributed by atoms with Crippen molar-refractivity contribution in [3.8, 4) is 0 Å². The summed E-state index contributed by atoms with van der Waals surface area (Å²) in [5.41, 5.74) is -0.212. The van der Waals surface area contributed by atoms with Gasteiger partial charge < -0.3 is 5.11 Å². The van der Waals surface area contributed by atoms with E-state index in [1.54, 1.807) is 4.68 Å².